The van der Waals surface area contributed by atoms with Crippen molar-refractivity contribution >= 4 is 23.5 Å². The lowest BCUT2D eigenvalue weighted by Crippen LogP contribution is -2.34. The number of thioether (sulfide) groups is 1. The molecule has 1 heterocycles. The van der Waals surface area contributed by atoms with Gasteiger partial charge in [0.25, 0.3) is 5.91 Å². The van der Waals surface area contributed by atoms with Crippen LogP contribution in [0.15, 0.2) is 12.1 Å². The van der Waals surface area contributed by atoms with Gasteiger partial charge in [-0.3, -0.25) is 4.79 Å². The van der Waals surface area contributed by atoms with Gasteiger partial charge in [0, 0.05) is 23.1 Å². The number of nitrogen functional groups attached to an aromatic ring is 1. The number of hydrogen-bond acceptors (Lipinski definition) is 4. The smallest absolute Gasteiger partial charge is 0.251 e. The van der Waals surface area contributed by atoms with Crippen LogP contribution in [0.1, 0.15) is 42.7 Å². The summed E-state index contributed by atoms with van der Waals surface area (Å²) < 4.78 is 0. The predicted molar refractivity (Wildman–Crippen MR) is 78.0 cm³/mol. The number of rotatable bonds is 5. The Kier molecular flexibility index (Phi) is 5.47. The van der Waals surface area contributed by atoms with Gasteiger partial charge in [-0.15, -0.1) is 0 Å². The van der Waals surface area contributed by atoms with Crippen molar-refractivity contribution in [1.82, 2.24) is 10.3 Å². The van der Waals surface area contributed by atoms with E-state index in [9.17, 15) is 4.79 Å². The third kappa shape index (κ3) is 4.22. The van der Waals surface area contributed by atoms with Crippen molar-refractivity contribution in [2.24, 2.45) is 0 Å². The summed E-state index contributed by atoms with van der Waals surface area (Å²) in [6.07, 6.45) is 2.02. The summed E-state index contributed by atoms with van der Waals surface area (Å²) in [6.45, 7) is 6.04. The molecule has 0 aliphatic rings. The minimum absolute atomic E-state index is 0.0902. The number of aromatic nitrogens is 1. The fourth-order valence-corrected chi connectivity index (χ4v) is 2.18. The fourth-order valence-electron chi connectivity index (χ4n) is 1.60. The first-order chi connectivity index (χ1) is 8.43. The lowest BCUT2D eigenvalue weighted by molar-refractivity contribution is 0.0943. The second-order valence-corrected chi connectivity index (χ2v) is 5.60. The highest BCUT2D eigenvalue weighted by Crippen LogP contribution is 2.16. The van der Waals surface area contributed by atoms with Crippen molar-refractivity contribution in [3.8, 4) is 0 Å². The molecule has 1 unspecified atom stereocenters. The first-order valence-electron chi connectivity index (χ1n) is 6.01. The Bertz CT molecular complexity index is 421. The van der Waals surface area contributed by atoms with Crippen molar-refractivity contribution in [3.05, 3.63) is 23.4 Å². The Balaban J connectivity index is 2.85. The predicted octanol–water partition coefficient (Wildman–Crippen LogP) is 2.27. The van der Waals surface area contributed by atoms with Gasteiger partial charge in [0.05, 0.1) is 0 Å². The summed E-state index contributed by atoms with van der Waals surface area (Å²) in [4.78, 5) is 16.3. The maximum absolute atomic E-state index is 12.1. The number of nitrogens with one attached hydrogen (secondary N) is 1. The summed E-state index contributed by atoms with van der Waals surface area (Å²) in [5.74, 6) is 1.45. The Morgan fingerprint density at radius 2 is 2.11 bits per heavy atom. The van der Waals surface area contributed by atoms with Gasteiger partial charge in [-0.25, -0.2) is 4.98 Å². The van der Waals surface area contributed by atoms with E-state index >= 15 is 0 Å². The maximum Gasteiger partial charge on any atom is 0.251 e. The highest BCUT2D eigenvalue weighted by atomic mass is 32.2. The van der Waals surface area contributed by atoms with Gasteiger partial charge in [0.15, 0.2) is 0 Å². The van der Waals surface area contributed by atoms with Crippen LogP contribution >= 0.6 is 11.8 Å². The van der Waals surface area contributed by atoms with Crippen LogP contribution in [0, 0.1) is 0 Å². The van der Waals surface area contributed by atoms with Crippen molar-refractivity contribution < 1.29 is 4.79 Å². The van der Waals surface area contributed by atoms with Crippen LogP contribution in [0.5, 0.6) is 0 Å². The second-order valence-electron chi connectivity index (χ2n) is 4.69. The van der Waals surface area contributed by atoms with Crippen LogP contribution in [0.2, 0.25) is 0 Å². The van der Waals surface area contributed by atoms with Gasteiger partial charge in [0.2, 0.25) is 0 Å². The first kappa shape index (κ1) is 14.8. The van der Waals surface area contributed by atoms with E-state index in [-0.39, 0.29) is 17.9 Å². The third-order valence-corrected chi connectivity index (χ3v) is 3.35. The molecule has 100 valence electrons. The van der Waals surface area contributed by atoms with Crippen LogP contribution < -0.4 is 11.1 Å². The zero-order chi connectivity index (χ0) is 13.7. The molecule has 5 heteroatoms. The van der Waals surface area contributed by atoms with E-state index < -0.39 is 0 Å². The standard InChI is InChI=1S/C13H21N3OS/c1-8(2)11-5-10(6-12(14)16-11)13(17)15-9(3)7-18-4/h5-6,8-9H,7H2,1-4H3,(H2,14,16)(H,15,17). The number of hydrogen-bond donors (Lipinski definition) is 2. The molecule has 0 aliphatic heterocycles. The fraction of sp³-hybridized carbons (Fsp3) is 0.538. The minimum Gasteiger partial charge on any atom is -0.384 e. The zero-order valence-corrected chi connectivity index (χ0v) is 12.2. The number of carbonyl (C=O) groups is 1. The number of nitrogens with zero attached hydrogens (tertiary/aromatic N) is 1. The van der Waals surface area contributed by atoms with Crippen molar-refractivity contribution in [2.45, 2.75) is 32.7 Å². The topological polar surface area (TPSA) is 68.0 Å². The lowest BCUT2D eigenvalue weighted by atomic mass is 10.1. The highest BCUT2D eigenvalue weighted by molar-refractivity contribution is 7.98. The minimum atomic E-state index is -0.0902. The van der Waals surface area contributed by atoms with E-state index in [4.69, 9.17) is 5.73 Å². The molecule has 0 bridgehead atoms. The Morgan fingerprint density at radius 1 is 1.44 bits per heavy atom. The molecule has 1 aromatic rings. The molecule has 1 aromatic heterocycles. The molecular formula is C13H21N3OS. The highest BCUT2D eigenvalue weighted by Gasteiger charge is 2.12. The summed E-state index contributed by atoms with van der Waals surface area (Å²) in [5, 5.41) is 2.95. The van der Waals surface area contributed by atoms with Crippen LogP contribution in [0.25, 0.3) is 0 Å². The molecule has 0 radical (unpaired) electrons. The SMILES string of the molecule is CSCC(C)NC(=O)c1cc(N)nc(C(C)C)c1. The maximum atomic E-state index is 12.1. The van der Waals surface area contributed by atoms with Crippen molar-refractivity contribution in [1.29, 1.82) is 0 Å². The molecule has 4 nitrogen and oxygen atoms in total. The van der Waals surface area contributed by atoms with E-state index in [2.05, 4.69) is 10.3 Å². The van der Waals surface area contributed by atoms with Gasteiger partial charge in [-0.2, -0.15) is 11.8 Å². The van der Waals surface area contributed by atoms with Crippen LogP contribution in [-0.4, -0.2) is 28.9 Å². The summed E-state index contributed by atoms with van der Waals surface area (Å²) in [7, 11) is 0. The molecule has 1 atom stereocenters. The van der Waals surface area contributed by atoms with E-state index in [0.717, 1.165) is 11.4 Å². The van der Waals surface area contributed by atoms with Crippen LogP contribution in [0.3, 0.4) is 0 Å². The molecule has 0 aliphatic carbocycles. The zero-order valence-electron chi connectivity index (χ0n) is 11.4. The van der Waals surface area contributed by atoms with Gasteiger partial charge in [-0.05, 0) is 31.2 Å². The monoisotopic (exact) mass is 267 g/mol. The van der Waals surface area contributed by atoms with E-state index in [0.29, 0.717) is 11.4 Å². The average molecular weight is 267 g/mol. The molecule has 0 aromatic carbocycles. The van der Waals surface area contributed by atoms with Gasteiger partial charge >= 0.3 is 0 Å². The molecule has 3 N–H and O–H groups in total. The number of anilines is 1. The Morgan fingerprint density at radius 3 is 2.67 bits per heavy atom. The summed E-state index contributed by atoms with van der Waals surface area (Å²) in [5.41, 5.74) is 7.16. The first-order valence-corrected chi connectivity index (χ1v) is 7.40. The van der Waals surface area contributed by atoms with E-state index in [1.165, 1.54) is 0 Å². The van der Waals surface area contributed by atoms with E-state index in [1.54, 1.807) is 17.8 Å². The molecular weight excluding hydrogens is 246 g/mol. The molecule has 0 saturated carbocycles. The van der Waals surface area contributed by atoms with Gasteiger partial charge in [-0.1, -0.05) is 13.8 Å². The number of carbonyl (C=O) groups excluding carboxylic acids is 1. The number of nitrogens with two attached hydrogens (primary N) is 1. The largest absolute Gasteiger partial charge is 0.384 e. The Hall–Kier alpha value is -1.23. The van der Waals surface area contributed by atoms with Crippen molar-refractivity contribution in [2.75, 3.05) is 17.7 Å². The van der Waals surface area contributed by atoms with Crippen LogP contribution in [0.4, 0.5) is 5.82 Å². The van der Waals surface area contributed by atoms with Crippen LogP contribution in [-0.2, 0) is 0 Å². The quantitative estimate of drug-likeness (QED) is 0.858. The molecule has 18 heavy (non-hydrogen) atoms. The molecule has 0 fully saturated rings. The number of amides is 1. The molecule has 1 rings (SSSR count). The van der Waals surface area contributed by atoms with Crippen molar-refractivity contribution in [3.63, 3.8) is 0 Å². The van der Waals surface area contributed by atoms with E-state index in [1.807, 2.05) is 33.1 Å². The number of pyridine rings is 1. The van der Waals surface area contributed by atoms with Gasteiger partial charge < -0.3 is 11.1 Å². The lowest BCUT2D eigenvalue weighted by Gasteiger charge is -2.14. The summed E-state index contributed by atoms with van der Waals surface area (Å²) in [6, 6.07) is 3.57. The summed E-state index contributed by atoms with van der Waals surface area (Å²) >= 11 is 1.71. The second kappa shape index (κ2) is 6.64. The third-order valence-electron chi connectivity index (χ3n) is 2.51. The normalized spacial score (nSPS) is 12.5. The van der Waals surface area contributed by atoms with Gasteiger partial charge in [0.1, 0.15) is 5.82 Å². The molecule has 0 spiro atoms. The molecule has 0 saturated heterocycles. The Labute approximate surface area is 113 Å². The molecule has 1 amide bonds. The average Bonchev–Trinajstić information content (AvgIpc) is 2.28.